The molecule has 0 aromatic rings. The van der Waals surface area contributed by atoms with Crippen molar-refractivity contribution >= 4 is 6.09 Å². The van der Waals surface area contributed by atoms with Crippen LogP contribution in [0.1, 0.15) is 32.1 Å². The van der Waals surface area contributed by atoms with E-state index in [2.05, 4.69) is 5.32 Å². The van der Waals surface area contributed by atoms with Crippen molar-refractivity contribution in [1.29, 1.82) is 0 Å². The first-order valence-corrected chi connectivity index (χ1v) is 5.41. The van der Waals surface area contributed by atoms with Gasteiger partial charge in [-0.05, 0) is 39.2 Å². The summed E-state index contributed by atoms with van der Waals surface area (Å²) in [7, 11) is 1.97. The molecule has 14 heavy (non-hydrogen) atoms. The van der Waals surface area contributed by atoms with Gasteiger partial charge in [0.25, 0.3) is 0 Å². The van der Waals surface area contributed by atoms with Crippen molar-refractivity contribution in [3.05, 3.63) is 0 Å². The number of piperidine rings is 2. The van der Waals surface area contributed by atoms with Crippen LogP contribution in [-0.4, -0.2) is 41.3 Å². The zero-order valence-corrected chi connectivity index (χ0v) is 8.57. The van der Waals surface area contributed by atoms with E-state index in [0.29, 0.717) is 6.04 Å². The summed E-state index contributed by atoms with van der Waals surface area (Å²) < 4.78 is 0. The van der Waals surface area contributed by atoms with Crippen LogP contribution in [0.3, 0.4) is 0 Å². The fourth-order valence-electron chi connectivity index (χ4n) is 2.93. The zero-order chi connectivity index (χ0) is 10.1. The molecular weight excluding hydrogens is 180 g/mol. The highest BCUT2D eigenvalue weighted by molar-refractivity contribution is 5.66. The van der Waals surface area contributed by atoms with Crippen molar-refractivity contribution in [2.45, 2.75) is 50.2 Å². The third-order valence-electron chi connectivity index (χ3n) is 3.60. The molecule has 2 fully saturated rings. The van der Waals surface area contributed by atoms with Crippen LogP contribution in [0.15, 0.2) is 0 Å². The monoisotopic (exact) mass is 198 g/mol. The van der Waals surface area contributed by atoms with Crippen molar-refractivity contribution in [3.63, 3.8) is 0 Å². The number of nitrogens with one attached hydrogen (secondary N) is 1. The molecular formula is C10H18N2O2. The molecule has 2 heterocycles. The van der Waals surface area contributed by atoms with E-state index in [9.17, 15) is 4.79 Å². The second kappa shape index (κ2) is 3.77. The lowest BCUT2D eigenvalue weighted by Gasteiger charge is -2.47. The molecule has 0 aromatic carbocycles. The molecule has 2 saturated heterocycles. The minimum Gasteiger partial charge on any atom is -0.465 e. The number of nitrogens with zero attached hydrogens (tertiary/aromatic N) is 1. The molecule has 4 heteroatoms. The molecule has 2 rings (SSSR count). The van der Waals surface area contributed by atoms with E-state index in [1.807, 2.05) is 7.05 Å². The Morgan fingerprint density at radius 3 is 2.36 bits per heavy atom. The Balaban J connectivity index is 2.11. The SMILES string of the molecule is CNC1CC2CCCC(C1)N2C(=O)O. The first-order chi connectivity index (χ1) is 6.72. The lowest BCUT2D eigenvalue weighted by Crippen LogP contribution is -2.57. The Bertz CT molecular complexity index is 218. The number of hydrogen-bond acceptors (Lipinski definition) is 2. The Labute approximate surface area is 84.3 Å². The minimum absolute atomic E-state index is 0.262. The largest absolute Gasteiger partial charge is 0.465 e. The van der Waals surface area contributed by atoms with E-state index in [1.165, 1.54) is 6.42 Å². The quantitative estimate of drug-likeness (QED) is 0.667. The molecule has 4 nitrogen and oxygen atoms in total. The lowest BCUT2D eigenvalue weighted by atomic mass is 9.82. The molecule has 0 aromatic heterocycles. The molecule has 0 radical (unpaired) electrons. The highest BCUT2D eigenvalue weighted by atomic mass is 16.4. The predicted molar refractivity (Wildman–Crippen MR) is 53.4 cm³/mol. The molecule has 0 saturated carbocycles. The van der Waals surface area contributed by atoms with Gasteiger partial charge in [-0.1, -0.05) is 0 Å². The van der Waals surface area contributed by atoms with Gasteiger partial charge in [-0.25, -0.2) is 4.79 Å². The maximum Gasteiger partial charge on any atom is 0.407 e. The first kappa shape index (κ1) is 9.77. The molecule has 2 bridgehead atoms. The van der Waals surface area contributed by atoms with Crippen molar-refractivity contribution < 1.29 is 9.90 Å². The van der Waals surface area contributed by atoms with Crippen LogP contribution in [0.25, 0.3) is 0 Å². The maximum absolute atomic E-state index is 11.1. The molecule has 2 N–H and O–H groups in total. The lowest BCUT2D eigenvalue weighted by molar-refractivity contribution is 0.0316. The average Bonchev–Trinajstić information content (AvgIpc) is 2.15. The fourth-order valence-corrected chi connectivity index (χ4v) is 2.93. The number of hydrogen-bond donors (Lipinski definition) is 2. The second-order valence-corrected chi connectivity index (χ2v) is 4.39. The first-order valence-electron chi connectivity index (χ1n) is 5.41. The van der Waals surface area contributed by atoms with E-state index in [1.54, 1.807) is 4.90 Å². The Kier molecular flexibility index (Phi) is 2.63. The summed E-state index contributed by atoms with van der Waals surface area (Å²) in [5.74, 6) is 0. The summed E-state index contributed by atoms with van der Waals surface area (Å²) >= 11 is 0. The number of fused-ring (bicyclic) bond motifs is 2. The Hall–Kier alpha value is -0.770. The van der Waals surface area contributed by atoms with E-state index >= 15 is 0 Å². The molecule has 2 unspecified atom stereocenters. The fraction of sp³-hybridized carbons (Fsp3) is 0.900. The van der Waals surface area contributed by atoms with Crippen LogP contribution >= 0.6 is 0 Å². The summed E-state index contributed by atoms with van der Waals surface area (Å²) in [5.41, 5.74) is 0. The molecule has 0 aliphatic carbocycles. The molecule has 2 aliphatic heterocycles. The normalized spacial score (nSPS) is 36.9. The highest BCUT2D eigenvalue weighted by Crippen LogP contribution is 2.33. The van der Waals surface area contributed by atoms with E-state index in [4.69, 9.17) is 5.11 Å². The van der Waals surface area contributed by atoms with Gasteiger partial charge in [0.05, 0.1) is 0 Å². The van der Waals surface area contributed by atoms with E-state index in [-0.39, 0.29) is 12.1 Å². The van der Waals surface area contributed by atoms with Gasteiger partial charge in [0.2, 0.25) is 0 Å². The van der Waals surface area contributed by atoms with Gasteiger partial charge in [-0.2, -0.15) is 0 Å². The summed E-state index contributed by atoms with van der Waals surface area (Å²) in [6.45, 7) is 0. The number of rotatable bonds is 1. The van der Waals surface area contributed by atoms with Gasteiger partial charge in [0, 0.05) is 18.1 Å². The van der Waals surface area contributed by atoms with Gasteiger partial charge in [0.1, 0.15) is 0 Å². The zero-order valence-electron chi connectivity index (χ0n) is 8.57. The van der Waals surface area contributed by atoms with Gasteiger partial charge in [0.15, 0.2) is 0 Å². The van der Waals surface area contributed by atoms with Crippen molar-refractivity contribution in [2.24, 2.45) is 0 Å². The number of amides is 1. The predicted octanol–water partition coefficient (Wildman–Crippen LogP) is 1.27. The molecule has 0 spiro atoms. The van der Waals surface area contributed by atoms with Crippen LogP contribution in [-0.2, 0) is 0 Å². The summed E-state index contributed by atoms with van der Waals surface area (Å²) in [4.78, 5) is 12.8. The summed E-state index contributed by atoms with van der Waals surface area (Å²) in [5, 5.41) is 12.4. The Morgan fingerprint density at radius 1 is 1.36 bits per heavy atom. The number of carboxylic acid groups (broad SMARTS) is 1. The van der Waals surface area contributed by atoms with Crippen LogP contribution in [0.5, 0.6) is 0 Å². The summed E-state index contributed by atoms with van der Waals surface area (Å²) in [6, 6.07) is 1.04. The summed E-state index contributed by atoms with van der Waals surface area (Å²) in [6.07, 6.45) is 4.52. The third-order valence-corrected chi connectivity index (χ3v) is 3.60. The number of carbonyl (C=O) groups is 1. The van der Waals surface area contributed by atoms with Crippen LogP contribution in [0.4, 0.5) is 4.79 Å². The maximum atomic E-state index is 11.1. The van der Waals surface area contributed by atoms with Gasteiger partial charge < -0.3 is 15.3 Å². The molecule has 1 amide bonds. The molecule has 2 aliphatic rings. The Morgan fingerprint density at radius 2 is 1.93 bits per heavy atom. The van der Waals surface area contributed by atoms with Gasteiger partial charge in [-0.15, -0.1) is 0 Å². The minimum atomic E-state index is -0.728. The third kappa shape index (κ3) is 1.59. The average molecular weight is 198 g/mol. The highest BCUT2D eigenvalue weighted by Gasteiger charge is 2.40. The van der Waals surface area contributed by atoms with Crippen LogP contribution in [0.2, 0.25) is 0 Å². The van der Waals surface area contributed by atoms with Gasteiger partial charge >= 0.3 is 6.09 Å². The smallest absolute Gasteiger partial charge is 0.407 e. The van der Waals surface area contributed by atoms with E-state index in [0.717, 1.165) is 25.7 Å². The standard InChI is InChI=1S/C10H18N2O2/c1-11-7-5-8-3-2-4-9(6-7)12(8)10(13)14/h7-9,11H,2-6H2,1H3,(H,13,14). The molecule has 80 valence electrons. The van der Waals surface area contributed by atoms with Crippen LogP contribution < -0.4 is 5.32 Å². The van der Waals surface area contributed by atoms with Crippen LogP contribution in [0, 0.1) is 0 Å². The second-order valence-electron chi connectivity index (χ2n) is 4.39. The van der Waals surface area contributed by atoms with E-state index < -0.39 is 6.09 Å². The van der Waals surface area contributed by atoms with Crippen molar-refractivity contribution in [3.8, 4) is 0 Å². The van der Waals surface area contributed by atoms with Crippen molar-refractivity contribution in [1.82, 2.24) is 10.2 Å². The van der Waals surface area contributed by atoms with Crippen molar-refractivity contribution in [2.75, 3.05) is 7.05 Å². The van der Waals surface area contributed by atoms with Gasteiger partial charge in [-0.3, -0.25) is 0 Å². The molecule has 2 atom stereocenters. The topological polar surface area (TPSA) is 52.6 Å².